The van der Waals surface area contributed by atoms with E-state index in [2.05, 4.69) is 26.2 Å². The highest BCUT2D eigenvalue weighted by atomic mass is 79.9. The van der Waals surface area contributed by atoms with Crippen molar-refractivity contribution in [1.82, 2.24) is 4.98 Å². The molecule has 0 fully saturated rings. The quantitative estimate of drug-likeness (QED) is 0.578. The largest absolute Gasteiger partial charge is 0.321 e. The van der Waals surface area contributed by atoms with Crippen LogP contribution < -0.4 is 5.32 Å². The number of carbonyl (C=O) groups is 1. The van der Waals surface area contributed by atoms with E-state index in [1.165, 1.54) is 5.51 Å². The van der Waals surface area contributed by atoms with Crippen molar-refractivity contribution in [2.24, 2.45) is 0 Å². The highest BCUT2D eigenvalue weighted by molar-refractivity contribution is 9.10. The first-order chi connectivity index (χ1) is 12.0. The minimum Gasteiger partial charge on any atom is -0.321 e. The normalized spacial score (nSPS) is 10.9. The third-order valence-electron chi connectivity index (χ3n) is 3.53. The van der Waals surface area contributed by atoms with Crippen LogP contribution in [0.15, 0.2) is 58.5 Å². The number of nitrogens with one attached hydrogen (secondary N) is 1. The molecule has 25 heavy (non-hydrogen) atoms. The molecule has 3 rings (SSSR count). The second-order valence-corrected chi connectivity index (χ2v) is 7.00. The molecule has 1 heterocycles. The van der Waals surface area contributed by atoms with E-state index in [9.17, 15) is 13.6 Å². The van der Waals surface area contributed by atoms with Crippen LogP contribution in [0.25, 0.3) is 11.1 Å². The first-order valence-electron chi connectivity index (χ1n) is 7.41. The number of nitrogens with zero attached hydrogens (tertiary/aromatic N) is 1. The number of halogens is 3. The van der Waals surface area contributed by atoms with Gasteiger partial charge in [-0.3, -0.25) is 4.79 Å². The zero-order valence-electron chi connectivity index (χ0n) is 12.9. The predicted octanol–water partition coefficient (Wildman–Crippen LogP) is 5.63. The van der Waals surface area contributed by atoms with Crippen molar-refractivity contribution < 1.29 is 13.6 Å². The number of anilines is 1. The number of amides is 1. The Morgan fingerprint density at radius 3 is 2.60 bits per heavy atom. The zero-order chi connectivity index (χ0) is 17.8. The van der Waals surface area contributed by atoms with Crippen LogP contribution in [0.4, 0.5) is 14.5 Å². The molecule has 1 amide bonds. The van der Waals surface area contributed by atoms with Crippen molar-refractivity contribution in [1.29, 1.82) is 0 Å². The molecule has 0 radical (unpaired) electrons. The van der Waals surface area contributed by atoms with Gasteiger partial charge in [-0.2, -0.15) is 0 Å². The number of benzene rings is 2. The summed E-state index contributed by atoms with van der Waals surface area (Å²) in [5.41, 5.74) is 3.94. The smallest absolute Gasteiger partial charge is 0.267 e. The highest BCUT2D eigenvalue weighted by Crippen LogP contribution is 2.30. The third-order valence-corrected chi connectivity index (χ3v) is 4.92. The fourth-order valence-electron chi connectivity index (χ4n) is 2.40. The van der Waals surface area contributed by atoms with E-state index in [1.54, 1.807) is 6.07 Å². The summed E-state index contributed by atoms with van der Waals surface area (Å²) >= 11 is 4.45. The summed E-state index contributed by atoms with van der Waals surface area (Å²) in [5.74, 6) is -0.428. The van der Waals surface area contributed by atoms with Gasteiger partial charge in [0.05, 0.1) is 17.6 Å². The summed E-state index contributed by atoms with van der Waals surface area (Å²) in [7, 11) is 0. The van der Waals surface area contributed by atoms with E-state index < -0.39 is 18.8 Å². The monoisotopic (exact) mass is 422 g/mol. The summed E-state index contributed by atoms with van der Waals surface area (Å²) in [6.45, 7) is 0. The molecule has 0 saturated carbocycles. The molecular formula is C18H13BrF2N2OS. The fourth-order valence-corrected chi connectivity index (χ4v) is 3.38. The van der Waals surface area contributed by atoms with Gasteiger partial charge in [-0.05, 0) is 23.8 Å². The molecule has 0 aliphatic rings. The van der Waals surface area contributed by atoms with E-state index in [-0.39, 0.29) is 10.6 Å². The van der Waals surface area contributed by atoms with E-state index in [0.717, 1.165) is 26.9 Å². The average Bonchev–Trinajstić information content (AvgIpc) is 3.04. The molecular weight excluding hydrogens is 410 g/mol. The Morgan fingerprint density at radius 2 is 1.88 bits per heavy atom. The van der Waals surface area contributed by atoms with Crippen molar-refractivity contribution in [3.8, 4) is 11.1 Å². The number of hydrogen-bond acceptors (Lipinski definition) is 3. The Hall–Kier alpha value is -2.12. The summed E-state index contributed by atoms with van der Waals surface area (Å²) in [4.78, 5) is 16.6. The lowest BCUT2D eigenvalue weighted by atomic mass is 10.0. The molecule has 2 aromatic carbocycles. The second kappa shape index (κ2) is 7.84. The van der Waals surface area contributed by atoms with Gasteiger partial charge in [0.25, 0.3) is 5.91 Å². The molecule has 3 aromatic rings. The van der Waals surface area contributed by atoms with Crippen molar-refractivity contribution >= 4 is 38.9 Å². The van der Waals surface area contributed by atoms with Gasteiger partial charge in [-0.15, -0.1) is 11.3 Å². The number of rotatable bonds is 5. The topological polar surface area (TPSA) is 42.0 Å². The summed E-state index contributed by atoms with van der Waals surface area (Å²) < 4.78 is 26.2. The maximum atomic E-state index is 12.6. The van der Waals surface area contributed by atoms with Gasteiger partial charge >= 0.3 is 0 Å². The van der Waals surface area contributed by atoms with Gasteiger partial charge in [-0.25, -0.2) is 13.8 Å². The predicted molar refractivity (Wildman–Crippen MR) is 99.4 cm³/mol. The molecule has 1 aromatic heterocycles. The maximum Gasteiger partial charge on any atom is 0.267 e. The Labute approximate surface area is 155 Å². The lowest BCUT2D eigenvalue weighted by Crippen LogP contribution is -2.14. The molecule has 0 unspecified atom stereocenters. The number of alkyl halides is 2. The Bertz CT molecular complexity index is 881. The van der Waals surface area contributed by atoms with Gasteiger partial charge in [0.1, 0.15) is 4.88 Å². The third kappa shape index (κ3) is 4.29. The number of carbonyl (C=O) groups excluding carboxylic acids is 1. The summed E-state index contributed by atoms with van der Waals surface area (Å²) in [6.07, 6.45) is -3.07. The van der Waals surface area contributed by atoms with Crippen molar-refractivity contribution in [3.05, 3.63) is 69.1 Å². The minimum atomic E-state index is -2.54. The van der Waals surface area contributed by atoms with E-state index in [4.69, 9.17) is 0 Å². The number of aromatic nitrogens is 1. The lowest BCUT2D eigenvalue weighted by molar-refractivity contribution is 0.102. The van der Waals surface area contributed by atoms with Crippen molar-refractivity contribution in [3.63, 3.8) is 0 Å². The Kier molecular flexibility index (Phi) is 5.55. The number of thiazole rings is 1. The summed E-state index contributed by atoms with van der Waals surface area (Å²) in [6, 6.07) is 15.1. The highest BCUT2D eigenvalue weighted by Gasteiger charge is 2.19. The van der Waals surface area contributed by atoms with Crippen LogP contribution in [-0.4, -0.2) is 17.3 Å². The standard InChI is InChI=1S/C18H13BrF2N2OS/c19-12-7-5-11(6-8-12)13-3-1-2-4-14(13)23-18(24)17-15(9-16(20)21)22-10-25-17/h1-8,10,16H,9H2,(H,23,24). The van der Waals surface area contributed by atoms with E-state index in [0.29, 0.717) is 5.69 Å². The fraction of sp³-hybridized carbons (Fsp3) is 0.111. The lowest BCUT2D eigenvalue weighted by Gasteiger charge is -2.11. The van der Waals surface area contributed by atoms with Crippen LogP contribution in [0.1, 0.15) is 15.4 Å². The van der Waals surface area contributed by atoms with Crippen LogP contribution in [0.5, 0.6) is 0 Å². The van der Waals surface area contributed by atoms with Gasteiger partial charge in [0, 0.05) is 15.7 Å². The van der Waals surface area contributed by atoms with Gasteiger partial charge < -0.3 is 5.32 Å². The zero-order valence-corrected chi connectivity index (χ0v) is 15.3. The molecule has 0 saturated heterocycles. The molecule has 0 aliphatic heterocycles. The van der Waals surface area contributed by atoms with Crippen LogP contribution in [-0.2, 0) is 6.42 Å². The molecule has 128 valence electrons. The molecule has 1 N–H and O–H groups in total. The Balaban J connectivity index is 1.88. The van der Waals surface area contributed by atoms with Crippen molar-refractivity contribution in [2.75, 3.05) is 5.32 Å². The van der Waals surface area contributed by atoms with Crippen molar-refractivity contribution in [2.45, 2.75) is 12.8 Å². The Morgan fingerprint density at radius 1 is 1.16 bits per heavy atom. The van der Waals surface area contributed by atoms with Gasteiger partial charge in [0.2, 0.25) is 6.43 Å². The van der Waals surface area contributed by atoms with Crippen LogP contribution in [0, 0.1) is 0 Å². The molecule has 0 spiro atoms. The number of para-hydroxylation sites is 1. The van der Waals surface area contributed by atoms with Gasteiger partial charge in [0.15, 0.2) is 0 Å². The van der Waals surface area contributed by atoms with Gasteiger partial charge in [-0.1, -0.05) is 46.3 Å². The average molecular weight is 423 g/mol. The molecule has 0 bridgehead atoms. The first kappa shape index (κ1) is 17.7. The van der Waals surface area contributed by atoms with E-state index >= 15 is 0 Å². The summed E-state index contributed by atoms with van der Waals surface area (Å²) in [5, 5.41) is 2.81. The van der Waals surface area contributed by atoms with E-state index in [1.807, 2.05) is 42.5 Å². The molecule has 0 aliphatic carbocycles. The molecule has 3 nitrogen and oxygen atoms in total. The second-order valence-electron chi connectivity index (χ2n) is 5.23. The SMILES string of the molecule is O=C(Nc1ccccc1-c1ccc(Br)cc1)c1scnc1CC(F)F. The number of hydrogen-bond donors (Lipinski definition) is 1. The first-order valence-corrected chi connectivity index (χ1v) is 9.08. The van der Waals surface area contributed by atoms with Crippen LogP contribution in [0.2, 0.25) is 0 Å². The molecule has 0 atom stereocenters. The van der Waals surface area contributed by atoms with Crippen LogP contribution in [0.3, 0.4) is 0 Å². The minimum absolute atomic E-state index is 0.124. The maximum absolute atomic E-state index is 12.6. The molecule has 7 heteroatoms. The van der Waals surface area contributed by atoms with Crippen LogP contribution >= 0.6 is 27.3 Å².